The number of ether oxygens (including phenoxy) is 1. The lowest BCUT2D eigenvalue weighted by Crippen LogP contribution is -2.29. The molecular weight excluding hydrogens is 172 g/mol. The van der Waals surface area contributed by atoms with E-state index in [2.05, 4.69) is 39.0 Å². The molecule has 1 aliphatic rings. The van der Waals surface area contributed by atoms with Gasteiger partial charge in [0.1, 0.15) is 11.4 Å². The first-order valence-corrected chi connectivity index (χ1v) is 5.42. The van der Waals surface area contributed by atoms with E-state index in [9.17, 15) is 0 Å². The normalized spacial score (nSPS) is 24.5. The highest BCUT2D eigenvalue weighted by Crippen LogP contribution is 2.39. The monoisotopic (exact) mass is 190 g/mol. The average Bonchev–Trinajstić information content (AvgIpc) is 2.44. The van der Waals surface area contributed by atoms with Gasteiger partial charge in [-0.25, -0.2) is 0 Å². The van der Waals surface area contributed by atoms with Crippen LogP contribution in [0, 0.1) is 6.92 Å². The summed E-state index contributed by atoms with van der Waals surface area (Å²) in [6, 6.07) is 6.43. The van der Waals surface area contributed by atoms with Gasteiger partial charge in [-0.3, -0.25) is 0 Å². The van der Waals surface area contributed by atoms with E-state index in [-0.39, 0.29) is 5.60 Å². The molecule has 1 aliphatic heterocycles. The summed E-state index contributed by atoms with van der Waals surface area (Å²) in [5.41, 5.74) is 2.69. The number of aryl methyl sites for hydroxylation is 1. The van der Waals surface area contributed by atoms with Gasteiger partial charge >= 0.3 is 0 Å². The minimum absolute atomic E-state index is 0.0448. The number of benzene rings is 1. The van der Waals surface area contributed by atoms with E-state index >= 15 is 0 Å². The zero-order valence-electron chi connectivity index (χ0n) is 9.26. The van der Waals surface area contributed by atoms with Crippen LogP contribution in [0.2, 0.25) is 0 Å². The molecule has 76 valence electrons. The summed E-state index contributed by atoms with van der Waals surface area (Å²) >= 11 is 0. The third-order valence-electron chi connectivity index (χ3n) is 2.99. The Labute approximate surface area is 86.1 Å². The maximum atomic E-state index is 6.07. The van der Waals surface area contributed by atoms with Gasteiger partial charge in [-0.2, -0.15) is 0 Å². The van der Waals surface area contributed by atoms with E-state index in [0.29, 0.717) is 0 Å². The Kier molecular flexibility index (Phi) is 2.26. The van der Waals surface area contributed by atoms with E-state index in [4.69, 9.17) is 4.74 Å². The zero-order chi connectivity index (χ0) is 10.2. The number of hydrogen-bond donors (Lipinski definition) is 0. The fourth-order valence-electron chi connectivity index (χ4n) is 2.35. The maximum absolute atomic E-state index is 6.07. The predicted molar refractivity (Wildman–Crippen MR) is 58.8 cm³/mol. The van der Waals surface area contributed by atoms with Crippen LogP contribution in [0.1, 0.15) is 37.8 Å². The van der Waals surface area contributed by atoms with Crippen LogP contribution in [-0.2, 0) is 6.42 Å². The molecule has 1 aromatic carbocycles. The maximum Gasteiger partial charge on any atom is 0.126 e. The topological polar surface area (TPSA) is 9.23 Å². The molecule has 0 aliphatic carbocycles. The van der Waals surface area contributed by atoms with Gasteiger partial charge in [0.05, 0.1) is 0 Å². The Bertz CT molecular complexity index is 343. The van der Waals surface area contributed by atoms with Crippen LogP contribution in [0.25, 0.3) is 0 Å². The van der Waals surface area contributed by atoms with Crippen LogP contribution < -0.4 is 4.74 Å². The molecule has 1 heteroatoms. The van der Waals surface area contributed by atoms with Crippen molar-refractivity contribution >= 4 is 0 Å². The van der Waals surface area contributed by atoms with Gasteiger partial charge in [0.2, 0.25) is 0 Å². The van der Waals surface area contributed by atoms with Gasteiger partial charge in [0, 0.05) is 6.42 Å². The lowest BCUT2D eigenvalue weighted by Gasteiger charge is -2.23. The fraction of sp³-hybridized carbons (Fsp3) is 0.538. The second-order valence-corrected chi connectivity index (χ2v) is 4.54. The average molecular weight is 190 g/mol. The van der Waals surface area contributed by atoms with Crippen molar-refractivity contribution in [3.05, 3.63) is 29.3 Å². The zero-order valence-corrected chi connectivity index (χ0v) is 9.26. The molecule has 1 heterocycles. The van der Waals surface area contributed by atoms with E-state index in [1.54, 1.807) is 0 Å². The van der Waals surface area contributed by atoms with E-state index in [1.807, 2.05) is 0 Å². The van der Waals surface area contributed by atoms with Gasteiger partial charge < -0.3 is 4.74 Å². The first kappa shape index (κ1) is 9.57. The Morgan fingerprint density at radius 3 is 2.86 bits per heavy atom. The highest BCUT2D eigenvalue weighted by molar-refractivity contribution is 5.45. The van der Waals surface area contributed by atoms with Crippen LogP contribution in [0.15, 0.2) is 18.2 Å². The summed E-state index contributed by atoms with van der Waals surface area (Å²) in [6.45, 7) is 6.55. The Balaban J connectivity index is 2.29. The second-order valence-electron chi connectivity index (χ2n) is 4.54. The number of hydrogen-bond acceptors (Lipinski definition) is 1. The molecule has 0 saturated heterocycles. The van der Waals surface area contributed by atoms with Crippen molar-refractivity contribution in [1.82, 2.24) is 0 Å². The summed E-state index contributed by atoms with van der Waals surface area (Å²) in [5, 5.41) is 0. The van der Waals surface area contributed by atoms with E-state index in [1.165, 1.54) is 17.5 Å². The van der Waals surface area contributed by atoms with Crippen molar-refractivity contribution in [1.29, 1.82) is 0 Å². The predicted octanol–water partition coefficient (Wildman–Crippen LogP) is 3.49. The van der Waals surface area contributed by atoms with Crippen LogP contribution >= 0.6 is 0 Å². The summed E-state index contributed by atoms with van der Waals surface area (Å²) in [5.74, 6) is 1.13. The van der Waals surface area contributed by atoms with Gasteiger partial charge in [0.15, 0.2) is 0 Å². The van der Waals surface area contributed by atoms with Crippen molar-refractivity contribution in [2.45, 2.75) is 45.6 Å². The Hall–Kier alpha value is -0.980. The third kappa shape index (κ3) is 1.52. The summed E-state index contributed by atoms with van der Waals surface area (Å²) < 4.78 is 6.07. The molecule has 0 aromatic heterocycles. The van der Waals surface area contributed by atoms with Gasteiger partial charge in [0.25, 0.3) is 0 Å². The number of para-hydroxylation sites is 1. The van der Waals surface area contributed by atoms with Crippen LogP contribution in [-0.4, -0.2) is 5.60 Å². The molecule has 0 saturated carbocycles. The minimum Gasteiger partial charge on any atom is -0.487 e. The summed E-state index contributed by atoms with van der Waals surface area (Å²) in [6.07, 6.45) is 3.39. The molecule has 1 aromatic rings. The molecule has 1 nitrogen and oxygen atoms in total. The first-order valence-electron chi connectivity index (χ1n) is 5.42. The SMILES string of the molecule is CCCC1(C)Cc2cccc(C)c2O1. The van der Waals surface area contributed by atoms with Crippen molar-refractivity contribution in [3.63, 3.8) is 0 Å². The molecule has 1 unspecified atom stereocenters. The fourth-order valence-corrected chi connectivity index (χ4v) is 2.35. The van der Waals surface area contributed by atoms with Crippen LogP contribution in [0.4, 0.5) is 0 Å². The third-order valence-corrected chi connectivity index (χ3v) is 2.99. The van der Waals surface area contributed by atoms with Crippen LogP contribution in [0.5, 0.6) is 5.75 Å². The van der Waals surface area contributed by atoms with E-state index in [0.717, 1.165) is 18.6 Å². The van der Waals surface area contributed by atoms with Crippen molar-refractivity contribution in [2.24, 2.45) is 0 Å². The lowest BCUT2D eigenvalue weighted by molar-refractivity contribution is 0.104. The number of rotatable bonds is 2. The standard InChI is InChI=1S/C13H18O/c1-4-8-13(3)9-11-7-5-6-10(2)12(11)14-13/h5-7H,4,8-9H2,1-3H3. The molecule has 0 amide bonds. The summed E-state index contributed by atoms with van der Waals surface area (Å²) in [4.78, 5) is 0. The number of fused-ring (bicyclic) bond motifs is 1. The molecule has 0 fully saturated rings. The largest absolute Gasteiger partial charge is 0.487 e. The van der Waals surface area contributed by atoms with Crippen molar-refractivity contribution in [2.75, 3.05) is 0 Å². The molecule has 0 radical (unpaired) electrons. The van der Waals surface area contributed by atoms with Gasteiger partial charge in [-0.15, -0.1) is 0 Å². The molecule has 2 rings (SSSR count). The lowest BCUT2D eigenvalue weighted by atomic mass is 9.94. The summed E-state index contributed by atoms with van der Waals surface area (Å²) in [7, 11) is 0. The minimum atomic E-state index is 0.0448. The Morgan fingerprint density at radius 1 is 1.43 bits per heavy atom. The van der Waals surface area contributed by atoms with Gasteiger partial charge in [-0.1, -0.05) is 31.5 Å². The molecular formula is C13H18O. The molecule has 14 heavy (non-hydrogen) atoms. The molecule has 0 bridgehead atoms. The quantitative estimate of drug-likeness (QED) is 0.693. The molecule has 0 spiro atoms. The smallest absolute Gasteiger partial charge is 0.126 e. The van der Waals surface area contributed by atoms with Crippen molar-refractivity contribution in [3.8, 4) is 5.75 Å². The highest BCUT2D eigenvalue weighted by Gasteiger charge is 2.34. The second kappa shape index (κ2) is 3.30. The van der Waals surface area contributed by atoms with Crippen molar-refractivity contribution < 1.29 is 4.74 Å². The van der Waals surface area contributed by atoms with Gasteiger partial charge in [-0.05, 0) is 31.4 Å². The highest BCUT2D eigenvalue weighted by atomic mass is 16.5. The first-order chi connectivity index (χ1) is 6.64. The van der Waals surface area contributed by atoms with Crippen LogP contribution in [0.3, 0.4) is 0 Å². The van der Waals surface area contributed by atoms with E-state index < -0.39 is 0 Å². The Morgan fingerprint density at radius 2 is 2.21 bits per heavy atom. The molecule has 1 atom stereocenters. The molecule has 0 N–H and O–H groups in total.